The van der Waals surface area contributed by atoms with Crippen LogP contribution in [0.4, 0.5) is 0 Å². The van der Waals surface area contributed by atoms with Crippen LogP contribution in [0.1, 0.15) is 43.8 Å². The molecule has 1 spiro atoms. The lowest BCUT2D eigenvalue weighted by Crippen LogP contribution is -2.48. The average Bonchev–Trinajstić information content (AvgIpc) is 2.86. The molecular formula is C18H25N3O3. The lowest BCUT2D eigenvalue weighted by Gasteiger charge is -2.31. The first-order valence-electron chi connectivity index (χ1n) is 8.55. The summed E-state index contributed by atoms with van der Waals surface area (Å²) < 4.78 is 5.67. The van der Waals surface area contributed by atoms with Crippen molar-refractivity contribution in [2.75, 3.05) is 20.7 Å². The van der Waals surface area contributed by atoms with Gasteiger partial charge in [-0.1, -0.05) is 37.5 Å². The minimum Gasteiger partial charge on any atom is -0.483 e. The molecule has 2 aliphatic rings. The molecule has 1 aromatic carbocycles. The highest BCUT2D eigenvalue weighted by Gasteiger charge is 2.50. The van der Waals surface area contributed by atoms with Crippen molar-refractivity contribution < 1.29 is 14.3 Å². The van der Waals surface area contributed by atoms with Crippen LogP contribution in [-0.4, -0.2) is 43.0 Å². The molecule has 1 saturated carbocycles. The number of benzene rings is 1. The maximum absolute atomic E-state index is 12.8. The monoisotopic (exact) mass is 331 g/mol. The van der Waals surface area contributed by atoms with Gasteiger partial charge in [-0.2, -0.15) is 0 Å². The fourth-order valence-electron chi connectivity index (χ4n) is 3.73. The Morgan fingerprint density at radius 3 is 2.75 bits per heavy atom. The second-order valence-corrected chi connectivity index (χ2v) is 6.61. The summed E-state index contributed by atoms with van der Waals surface area (Å²) in [6.07, 6.45) is 4.89. The zero-order valence-corrected chi connectivity index (χ0v) is 14.3. The van der Waals surface area contributed by atoms with Crippen LogP contribution in [0.2, 0.25) is 0 Å². The van der Waals surface area contributed by atoms with Gasteiger partial charge in [0, 0.05) is 19.7 Å². The lowest BCUT2D eigenvalue weighted by molar-refractivity contribution is -0.133. The fourth-order valence-corrected chi connectivity index (χ4v) is 3.73. The quantitative estimate of drug-likeness (QED) is 0.879. The van der Waals surface area contributed by atoms with E-state index in [1.807, 2.05) is 31.3 Å². The zero-order valence-electron chi connectivity index (χ0n) is 14.3. The first kappa shape index (κ1) is 16.8. The molecule has 1 atom stereocenters. The summed E-state index contributed by atoms with van der Waals surface area (Å²) in [6.45, 7) is -0.0387. The van der Waals surface area contributed by atoms with Gasteiger partial charge in [-0.3, -0.25) is 14.9 Å². The molecule has 1 aliphatic heterocycles. The fraction of sp³-hybridized carbons (Fsp3) is 0.556. The van der Waals surface area contributed by atoms with E-state index in [0.717, 1.165) is 31.2 Å². The van der Waals surface area contributed by atoms with Crippen molar-refractivity contribution in [3.63, 3.8) is 0 Å². The molecule has 0 radical (unpaired) electrons. The van der Waals surface area contributed by atoms with E-state index in [9.17, 15) is 9.59 Å². The van der Waals surface area contributed by atoms with Crippen LogP contribution in [-0.2, 0) is 9.59 Å². The van der Waals surface area contributed by atoms with E-state index in [0.29, 0.717) is 5.75 Å². The Balaban J connectivity index is 1.83. The van der Waals surface area contributed by atoms with E-state index < -0.39 is 5.54 Å². The van der Waals surface area contributed by atoms with E-state index in [-0.39, 0.29) is 24.6 Å². The van der Waals surface area contributed by atoms with Crippen molar-refractivity contribution in [1.82, 2.24) is 15.5 Å². The molecule has 2 N–H and O–H groups in total. The topological polar surface area (TPSA) is 70.7 Å². The van der Waals surface area contributed by atoms with Gasteiger partial charge in [0.25, 0.3) is 5.91 Å². The number of likely N-dealkylation sites (N-methyl/N-ethyl adjacent to an activating group) is 2. The molecule has 0 aromatic heterocycles. The van der Waals surface area contributed by atoms with Crippen LogP contribution in [0.25, 0.3) is 0 Å². The van der Waals surface area contributed by atoms with Crippen molar-refractivity contribution in [3.8, 4) is 5.75 Å². The lowest BCUT2D eigenvalue weighted by atomic mass is 9.82. The number of hydrogen-bond donors (Lipinski definition) is 2. The Hall–Kier alpha value is -2.08. The molecule has 2 fully saturated rings. The van der Waals surface area contributed by atoms with Gasteiger partial charge in [-0.25, -0.2) is 0 Å². The molecule has 1 saturated heterocycles. The third-order valence-electron chi connectivity index (χ3n) is 5.09. The van der Waals surface area contributed by atoms with Crippen molar-refractivity contribution in [1.29, 1.82) is 0 Å². The SMILES string of the molecule is CNC(=O)COc1ccccc1[C@H]1NC2(CCCCC2)C(=O)N1C. The third-order valence-corrected chi connectivity index (χ3v) is 5.09. The molecule has 130 valence electrons. The minimum atomic E-state index is -0.439. The van der Waals surface area contributed by atoms with Gasteiger partial charge >= 0.3 is 0 Å². The number of ether oxygens (including phenoxy) is 1. The predicted octanol–water partition coefficient (Wildman–Crippen LogP) is 1.57. The molecule has 0 unspecified atom stereocenters. The summed E-state index contributed by atoms with van der Waals surface area (Å²) in [5.41, 5.74) is 0.450. The standard InChI is InChI=1S/C18H25N3O3/c1-19-15(22)12-24-14-9-5-4-8-13(14)16-20-18(17(23)21(16)2)10-6-3-7-11-18/h4-5,8-9,16,20H,3,6-7,10-12H2,1-2H3,(H,19,22)/t16-/m0/s1. The Kier molecular flexibility index (Phi) is 4.76. The summed E-state index contributed by atoms with van der Waals surface area (Å²) in [5.74, 6) is 0.608. The first-order valence-corrected chi connectivity index (χ1v) is 8.55. The van der Waals surface area contributed by atoms with Gasteiger partial charge in [0.2, 0.25) is 5.91 Å². The molecule has 6 heteroatoms. The van der Waals surface area contributed by atoms with Crippen molar-refractivity contribution in [3.05, 3.63) is 29.8 Å². The third kappa shape index (κ3) is 2.98. The summed E-state index contributed by atoms with van der Waals surface area (Å²) in [7, 11) is 3.41. The first-order chi connectivity index (χ1) is 11.6. The normalized spacial score (nSPS) is 22.7. The predicted molar refractivity (Wildman–Crippen MR) is 90.5 cm³/mol. The molecular weight excluding hydrogens is 306 g/mol. The number of rotatable bonds is 4. The van der Waals surface area contributed by atoms with E-state index in [2.05, 4.69) is 10.6 Å². The van der Waals surface area contributed by atoms with Crippen LogP contribution < -0.4 is 15.4 Å². The molecule has 24 heavy (non-hydrogen) atoms. The number of amides is 2. The maximum atomic E-state index is 12.8. The van der Waals surface area contributed by atoms with Crippen LogP contribution in [0.3, 0.4) is 0 Å². The largest absolute Gasteiger partial charge is 0.483 e. The molecule has 1 aromatic rings. The average molecular weight is 331 g/mol. The van der Waals surface area contributed by atoms with Gasteiger partial charge < -0.3 is 15.0 Å². The van der Waals surface area contributed by atoms with E-state index in [1.54, 1.807) is 11.9 Å². The van der Waals surface area contributed by atoms with Crippen molar-refractivity contribution in [2.45, 2.75) is 43.8 Å². The van der Waals surface area contributed by atoms with Crippen LogP contribution in [0, 0.1) is 0 Å². The van der Waals surface area contributed by atoms with Crippen molar-refractivity contribution >= 4 is 11.8 Å². The molecule has 3 rings (SSSR count). The number of carbonyl (C=O) groups excluding carboxylic acids is 2. The summed E-state index contributed by atoms with van der Waals surface area (Å²) in [6, 6.07) is 7.58. The molecule has 0 bridgehead atoms. The maximum Gasteiger partial charge on any atom is 0.257 e. The highest BCUT2D eigenvalue weighted by molar-refractivity contribution is 5.89. The van der Waals surface area contributed by atoms with E-state index in [4.69, 9.17) is 4.74 Å². The molecule has 1 aliphatic carbocycles. The smallest absolute Gasteiger partial charge is 0.257 e. The summed E-state index contributed by atoms with van der Waals surface area (Å²) in [5, 5.41) is 6.10. The van der Waals surface area contributed by atoms with Crippen LogP contribution in [0.5, 0.6) is 5.75 Å². The minimum absolute atomic E-state index is 0.0387. The molecule has 2 amide bonds. The Morgan fingerprint density at radius 2 is 2.04 bits per heavy atom. The zero-order chi connectivity index (χ0) is 17.2. The Morgan fingerprint density at radius 1 is 1.33 bits per heavy atom. The van der Waals surface area contributed by atoms with Gasteiger partial charge in [-0.05, 0) is 18.9 Å². The summed E-state index contributed by atoms with van der Waals surface area (Å²) >= 11 is 0. The van der Waals surface area contributed by atoms with Crippen molar-refractivity contribution in [2.24, 2.45) is 0 Å². The molecule has 1 heterocycles. The Labute approximate surface area is 142 Å². The highest BCUT2D eigenvalue weighted by atomic mass is 16.5. The number of hydrogen-bond acceptors (Lipinski definition) is 4. The number of para-hydroxylation sites is 1. The molecule has 6 nitrogen and oxygen atoms in total. The van der Waals surface area contributed by atoms with Gasteiger partial charge in [0.05, 0.1) is 5.54 Å². The van der Waals surface area contributed by atoms with E-state index >= 15 is 0 Å². The van der Waals surface area contributed by atoms with Crippen LogP contribution >= 0.6 is 0 Å². The van der Waals surface area contributed by atoms with Crippen LogP contribution in [0.15, 0.2) is 24.3 Å². The second-order valence-electron chi connectivity index (χ2n) is 6.61. The highest BCUT2D eigenvalue weighted by Crippen LogP contribution is 2.40. The van der Waals surface area contributed by atoms with Gasteiger partial charge in [-0.15, -0.1) is 0 Å². The number of nitrogens with zero attached hydrogens (tertiary/aromatic N) is 1. The number of carbonyl (C=O) groups is 2. The number of nitrogens with one attached hydrogen (secondary N) is 2. The summed E-state index contributed by atoms with van der Waals surface area (Å²) in [4.78, 5) is 26.1. The van der Waals surface area contributed by atoms with Gasteiger partial charge in [0.15, 0.2) is 6.61 Å². The van der Waals surface area contributed by atoms with Gasteiger partial charge in [0.1, 0.15) is 11.9 Å². The van der Waals surface area contributed by atoms with E-state index in [1.165, 1.54) is 6.42 Å². The second kappa shape index (κ2) is 6.81. The Bertz CT molecular complexity index is 626.